The highest BCUT2D eigenvalue weighted by Gasteiger charge is 2.05. The van der Waals surface area contributed by atoms with Crippen molar-refractivity contribution in [3.05, 3.63) is 60.2 Å². The maximum atomic E-state index is 5.67. The molecule has 2 aromatic carbocycles. The second-order valence-corrected chi connectivity index (χ2v) is 5.60. The zero-order valence-corrected chi connectivity index (χ0v) is 12.4. The number of nitrogens with two attached hydrogens (primary N) is 1. The predicted octanol–water partition coefficient (Wildman–Crippen LogP) is 3.38. The molecule has 0 spiro atoms. The molecule has 0 saturated carbocycles. The van der Waals surface area contributed by atoms with Gasteiger partial charge in [-0.05, 0) is 36.2 Å². The minimum atomic E-state index is 0.545. The summed E-state index contributed by atoms with van der Waals surface area (Å²) < 4.78 is 0. The highest BCUT2D eigenvalue weighted by Crippen LogP contribution is 2.19. The molecule has 2 heteroatoms. The molecule has 2 N–H and O–H groups in total. The van der Waals surface area contributed by atoms with Gasteiger partial charge in [0.05, 0.1) is 0 Å². The van der Waals surface area contributed by atoms with Gasteiger partial charge in [-0.15, -0.1) is 0 Å². The summed E-state index contributed by atoms with van der Waals surface area (Å²) in [6, 6.07) is 19.3. The smallest absolute Gasteiger partial charge is 0.0230 e. The van der Waals surface area contributed by atoms with Crippen molar-refractivity contribution in [3.63, 3.8) is 0 Å². The molecule has 2 rings (SSSR count). The molecule has 0 fully saturated rings. The standard InChI is InChI=1S/C18H24N2/c1-15(12-19)13-20(2)14-16-8-10-18(11-9-16)17-6-4-3-5-7-17/h3-11,15H,12-14,19H2,1-2H3. The van der Waals surface area contributed by atoms with E-state index in [1.54, 1.807) is 0 Å². The molecule has 0 radical (unpaired) electrons. The predicted molar refractivity (Wildman–Crippen MR) is 86.4 cm³/mol. The number of benzene rings is 2. The quantitative estimate of drug-likeness (QED) is 0.870. The molecule has 0 aliphatic heterocycles. The number of nitrogens with zero attached hydrogens (tertiary/aromatic N) is 1. The summed E-state index contributed by atoms with van der Waals surface area (Å²) in [6.07, 6.45) is 0. The third-order valence-corrected chi connectivity index (χ3v) is 3.54. The van der Waals surface area contributed by atoms with Gasteiger partial charge in [-0.2, -0.15) is 0 Å². The molecule has 1 atom stereocenters. The molecule has 2 aromatic rings. The maximum absolute atomic E-state index is 5.67. The van der Waals surface area contributed by atoms with E-state index in [0.717, 1.165) is 19.6 Å². The van der Waals surface area contributed by atoms with E-state index < -0.39 is 0 Å². The van der Waals surface area contributed by atoms with Crippen LogP contribution >= 0.6 is 0 Å². The van der Waals surface area contributed by atoms with Crippen LogP contribution in [0.2, 0.25) is 0 Å². The first kappa shape index (κ1) is 14.8. The first-order chi connectivity index (χ1) is 9.69. The van der Waals surface area contributed by atoms with E-state index in [2.05, 4.69) is 67.4 Å². The van der Waals surface area contributed by atoms with E-state index in [1.165, 1.54) is 16.7 Å². The van der Waals surface area contributed by atoms with Gasteiger partial charge in [0, 0.05) is 13.1 Å². The van der Waals surface area contributed by atoms with Crippen molar-refractivity contribution in [2.75, 3.05) is 20.1 Å². The van der Waals surface area contributed by atoms with Crippen molar-refractivity contribution in [2.45, 2.75) is 13.5 Å². The molecule has 20 heavy (non-hydrogen) atoms. The molecule has 0 aliphatic rings. The lowest BCUT2D eigenvalue weighted by atomic mass is 10.0. The van der Waals surface area contributed by atoms with Gasteiger partial charge in [0.25, 0.3) is 0 Å². The summed E-state index contributed by atoms with van der Waals surface area (Å²) >= 11 is 0. The summed E-state index contributed by atoms with van der Waals surface area (Å²) in [5, 5.41) is 0. The molecule has 0 aromatic heterocycles. The fourth-order valence-corrected chi connectivity index (χ4v) is 2.42. The topological polar surface area (TPSA) is 29.3 Å². The minimum absolute atomic E-state index is 0.545. The van der Waals surface area contributed by atoms with Gasteiger partial charge in [0.15, 0.2) is 0 Å². The van der Waals surface area contributed by atoms with E-state index in [0.29, 0.717) is 5.92 Å². The summed E-state index contributed by atoms with van der Waals surface area (Å²) in [5.74, 6) is 0.545. The average Bonchev–Trinajstić information content (AvgIpc) is 2.48. The Labute approximate surface area is 122 Å². The van der Waals surface area contributed by atoms with Gasteiger partial charge in [0.1, 0.15) is 0 Å². The monoisotopic (exact) mass is 268 g/mol. The van der Waals surface area contributed by atoms with Crippen LogP contribution in [0.4, 0.5) is 0 Å². The van der Waals surface area contributed by atoms with Gasteiger partial charge in [0.2, 0.25) is 0 Å². The highest BCUT2D eigenvalue weighted by molar-refractivity contribution is 5.63. The SMILES string of the molecule is CC(CN)CN(C)Cc1ccc(-c2ccccc2)cc1. The second-order valence-electron chi connectivity index (χ2n) is 5.60. The van der Waals surface area contributed by atoms with Crippen LogP contribution in [0.15, 0.2) is 54.6 Å². The van der Waals surface area contributed by atoms with Crippen LogP contribution in [0, 0.1) is 5.92 Å². The van der Waals surface area contributed by atoms with Crippen molar-refractivity contribution in [1.29, 1.82) is 0 Å². The molecule has 0 amide bonds. The molecule has 0 aliphatic carbocycles. The summed E-state index contributed by atoms with van der Waals surface area (Å²) in [5.41, 5.74) is 9.55. The molecular formula is C18H24N2. The lowest BCUT2D eigenvalue weighted by molar-refractivity contribution is 0.282. The van der Waals surface area contributed by atoms with Gasteiger partial charge in [-0.3, -0.25) is 0 Å². The van der Waals surface area contributed by atoms with Crippen LogP contribution in [0.1, 0.15) is 12.5 Å². The van der Waals surface area contributed by atoms with Gasteiger partial charge >= 0.3 is 0 Å². The van der Waals surface area contributed by atoms with Crippen molar-refractivity contribution < 1.29 is 0 Å². The maximum Gasteiger partial charge on any atom is 0.0230 e. The number of rotatable bonds is 6. The van der Waals surface area contributed by atoms with Gasteiger partial charge < -0.3 is 10.6 Å². The first-order valence-electron chi connectivity index (χ1n) is 7.22. The van der Waals surface area contributed by atoms with E-state index in [9.17, 15) is 0 Å². The van der Waals surface area contributed by atoms with Crippen LogP contribution in [0.5, 0.6) is 0 Å². The Morgan fingerprint density at radius 1 is 0.950 bits per heavy atom. The van der Waals surface area contributed by atoms with Crippen LogP contribution in [0.3, 0.4) is 0 Å². The van der Waals surface area contributed by atoms with E-state index in [1.807, 2.05) is 6.07 Å². The van der Waals surface area contributed by atoms with Crippen molar-refractivity contribution in [3.8, 4) is 11.1 Å². The van der Waals surface area contributed by atoms with E-state index in [-0.39, 0.29) is 0 Å². The normalized spacial score (nSPS) is 12.6. The van der Waals surface area contributed by atoms with Crippen molar-refractivity contribution >= 4 is 0 Å². The Morgan fingerprint density at radius 2 is 1.55 bits per heavy atom. The van der Waals surface area contributed by atoms with Gasteiger partial charge in [-0.1, -0.05) is 61.5 Å². The fraction of sp³-hybridized carbons (Fsp3) is 0.333. The average molecular weight is 268 g/mol. The van der Waals surface area contributed by atoms with Crippen LogP contribution in [-0.4, -0.2) is 25.0 Å². The minimum Gasteiger partial charge on any atom is -0.330 e. The molecule has 106 valence electrons. The zero-order valence-electron chi connectivity index (χ0n) is 12.4. The van der Waals surface area contributed by atoms with E-state index >= 15 is 0 Å². The number of hydrogen-bond donors (Lipinski definition) is 1. The zero-order chi connectivity index (χ0) is 14.4. The van der Waals surface area contributed by atoms with Crippen molar-refractivity contribution in [1.82, 2.24) is 4.90 Å². The first-order valence-corrected chi connectivity index (χ1v) is 7.22. The fourth-order valence-electron chi connectivity index (χ4n) is 2.42. The van der Waals surface area contributed by atoms with Crippen molar-refractivity contribution in [2.24, 2.45) is 11.7 Å². The van der Waals surface area contributed by atoms with Crippen LogP contribution < -0.4 is 5.73 Å². The lowest BCUT2D eigenvalue weighted by Crippen LogP contribution is -2.28. The van der Waals surface area contributed by atoms with Gasteiger partial charge in [-0.25, -0.2) is 0 Å². The summed E-state index contributed by atoms with van der Waals surface area (Å²) in [6.45, 7) is 4.95. The Balaban J connectivity index is 1.98. The van der Waals surface area contributed by atoms with E-state index in [4.69, 9.17) is 5.73 Å². The number of hydrogen-bond acceptors (Lipinski definition) is 2. The Hall–Kier alpha value is -1.64. The highest BCUT2D eigenvalue weighted by atomic mass is 15.1. The largest absolute Gasteiger partial charge is 0.330 e. The van der Waals surface area contributed by atoms with Crippen LogP contribution in [0.25, 0.3) is 11.1 Å². The van der Waals surface area contributed by atoms with Crippen LogP contribution in [-0.2, 0) is 6.54 Å². The molecule has 0 heterocycles. The molecule has 0 bridgehead atoms. The second kappa shape index (κ2) is 7.22. The molecule has 0 saturated heterocycles. The Morgan fingerprint density at radius 3 is 2.15 bits per heavy atom. The molecule has 2 nitrogen and oxygen atoms in total. The third-order valence-electron chi connectivity index (χ3n) is 3.54. The Kier molecular flexibility index (Phi) is 5.33. The summed E-state index contributed by atoms with van der Waals surface area (Å²) in [4.78, 5) is 2.33. The lowest BCUT2D eigenvalue weighted by Gasteiger charge is -2.20. The summed E-state index contributed by atoms with van der Waals surface area (Å²) in [7, 11) is 2.15. The Bertz CT molecular complexity index is 505. The third kappa shape index (κ3) is 4.19. The molecule has 1 unspecified atom stereocenters. The molecular weight excluding hydrogens is 244 g/mol.